The first-order valence-electron chi connectivity index (χ1n) is 8.69. The highest BCUT2D eigenvalue weighted by Gasteiger charge is 2.24. The summed E-state index contributed by atoms with van der Waals surface area (Å²) in [4.78, 5) is 4.30. The number of benzene rings is 2. The highest BCUT2D eigenvalue weighted by molar-refractivity contribution is 7.89. The van der Waals surface area contributed by atoms with E-state index in [2.05, 4.69) is 10.1 Å². The molecular formula is C19H19ClFN3O4S. The Labute approximate surface area is 173 Å². The number of nitrogens with zero attached hydrogens (tertiary/aromatic N) is 3. The van der Waals surface area contributed by atoms with Crippen LogP contribution in [-0.4, -0.2) is 36.5 Å². The Hall–Kier alpha value is -2.49. The maximum atomic E-state index is 13.5. The van der Waals surface area contributed by atoms with Gasteiger partial charge in [-0.2, -0.15) is 4.98 Å². The van der Waals surface area contributed by atoms with Gasteiger partial charge in [-0.25, -0.2) is 17.1 Å². The van der Waals surface area contributed by atoms with Crippen LogP contribution in [0.3, 0.4) is 0 Å². The number of ether oxygens (including phenoxy) is 1. The van der Waals surface area contributed by atoms with Crippen LogP contribution in [0, 0.1) is 12.7 Å². The third-order valence-electron chi connectivity index (χ3n) is 4.25. The van der Waals surface area contributed by atoms with Crippen LogP contribution in [-0.2, 0) is 23.1 Å². The van der Waals surface area contributed by atoms with Crippen LogP contribution in [0.2, 0.25) is 5.02 Å². The van der Waals surface area contributed by atoms with Gasteiger partial charge in [-0.05, 0) is 36.8 Å². The van der Waals surface area contributed by atoms with Gasteiger partial charge in [0.15, 0.2) is 24.0 Å². The third kappa shape index (κ3) is 4.92. The molecule has 29 heavy (non-hydrogen) atoms. The fourth-order valence-electron chi connectivity index (χ4n) is 2.56. The van der Waals surface area contributed by atoms with E-state index in [9.17, 15) is 12.8 Å². The molecule has 10 heteroatoms. The zero-order valence-electron chi connectivity index (χ0n) is 15.8. The van der Waals surface area contributed by atoms with E-state index in [0.717, 1.165) is 0 Å². The Balaban J connectivity index is 1.60. The molecule has 0 atom stereocenters. The second kappa shape index (κ2) is 8.89. The van der Waals surface area contributed by atoms with Crippen molar-refractivity contribution in [3.8, 4) is 5.75 Å². The molecule has 154 valence electrons. The molecule has 1 aromatic heterocycles. The van der Waals surface area contributed by atoms with Crippen LogP contribution in [0.5, 0.6) is 5.75 Å². The predicted molar refractivity (Wildman–Crippen MR) is 105 cm³/mol. The second-order valence-electron chi connectivity index (χ2n) is 6.26. The van der Waals surface area contributed by atoms with Crippen LogP contribution in [0.1, 0.15) is 17.3 Å². The van der Waals surface area contributed by atoms with Crippen molar-refractivity contribution >= 4 is 21.6 Å². The smallest absolute Gasteiger partial charge is 0.264 e. The average molecular weight is 440 g/mol. The highest BCUT2D eigenvalue weighted by atomic mass is 35.5. The minimum atomic E-state index is -3.71. The zero-order chi connectivity index (χ0) is 21.0. The van der Waals surface area contributed by atoms with E-state index < -0.39 is 15.8 Å². The van der Waals surface area contributed by atoms with E-state index >= 15 is 0 Å². The van der Waals surface area contributed by atoms with Crippen LogP contribution in [0.15, 0.2) is 51.9 Å². The lowest BCUT2D eigenvalue weighted by Crippen LogP contribution is -2.29. The number of para-hydroxylation sites is 1. The van der Waals surface area contributed by atoms with Crippen LogP contribution in [0.25, 0.3) is 0 Å². The number of sulfonamides is 1. The van der Waals surface area contributed by atoms with Crippen molar-refractivity contribution in [1.29, 1.82) is 0 Å². The van der Waals surface area contributed by atoms with E-state index in [-0.39, 0.29) is 36.1 Å². The summed E-state index contributed by atoms with van der Waals surface area (Å²) in [5.74, 6) is 0.0757. The number of hydrogen-bond donors (Lipinski definition) is 0. The highest BCUT2D eigenvalue weighted by Crippen LogP contribution is 2.25. The molecule has 0 amide bonds. The van der Waals surface area contributed by atoms with Crippen molar-refractivity contribution < 1.29 is 22.1 Å². The minimum Gasteiger partial charge on any atom is -0.481 e. The normalized spacial score (nSPS) is 11.8. The molecule has 0 aliphatic rings. The number of rotatable bonds is 8. The first-order chi connectivity index (χ1) is 13.8. The van der Waals surface area contributed by atoms with Crippen LogP contribution < -0.4 is 4.74 Å². The lowest BCUT2D eigenvalue weighted by atomic mass is 10.2. The Bertz CT molecular complexity index is 1100. The average Bonchev–Trinajstić information content (AvgIpc) is 3.15. The van der Waals surface area contributed by atoms with Crippen molar-refractivity contribution in [2.75, 3.05) is 13.6 Å². The topological polar surface area (TPSA) is 85.5 Å². The molecule has 3 rings (SSSR count). The van der Waals surface area contributed by atoms with E-state index in [0.29, 0.717) is 16.4 Å². The minimum absolute atomic E-state index is 0.0787. The molecule has 0 radical (unpaired) electrons. The van der Waals surface area contributed by atoms with Gasteiger partial charge in [0.05, 0.1) is 4.90 Å². The summed E-state index contributed by atoms with van der Waals surface area (Å²) in [7, 11) is -2.24. The van der Waals surface area contributed by atoms with Crippen molar-refractivity contribution in [3.63, 3.8) is 0 Å². The van der Waals surface area contributed by atoms with Gasteiger partial charge in [0.2, 0.25) is 10.0 Å². The van der Waals surface area contributed by atoms with Gasteiger partial charge < -0.3 is 9.26 Å². The SMILES string of the molecule is Cc1c(Cl)cccc1S(=O)(=O)N(C)CCc1noc(COc2ccccc2F)n1. The summed E-state index contributed by atoms with van der Waals surface area (Å²) < 4.78 is 50.7. The largest absolute Gasteiger partial charge is 0.481 e. The molecule has 0 saturated carbocycles. The molecule has 0 unspecified atom stereocenters. The lowest BCUT2D eigenvalue weighted by Gasteiger charge is -2.18. The van der Waals surface area contributed by atoms with E-state index in [1.165, 1.54) is 29.6 Å². The lowest BCUT2D eigenvalue weighted by molar-refractivity contribution is 0.234. The van der Waals surface area contributed by atoms with Gasteiger partial charge >= 0.3 is 0 Å². The maximum absolute atomic E-state index is 13.5. The molecule has 3 aromatic rings. The predicted octanol–water partition coefficient (Wildman–Crippen LogP) is 3.61. The summed E-state index contributed by atoms with van der Waals surface area (Å²) in [6, 6.07) is 10.7. The Kier molecular flexibility index (Phi) is 6.51. The standard InChI is InChI=1S/C19H19ClFN3O4S/c1-13-14(20)6-5-9-17(13)29(25,26)24(2)11-10-18-22-19(28-23-18)12-27-16-8-4-3-7-15(16)21/h3-9H,10-12H2,1-2H3. The maximum Gasteiger partial charge on any atom is 0.264 e. The summed E-state index contributed by atoms with van der Waals surface area (Å²) in [6.45, 7) is 1.70. The van der Waals surface area contributed by atoms with Gasteiger partial charge in [-0.3, -0.25) is 0 Å². The molecule has 0 N–H and O–H groups in total. The number of likely N-dealkylation sites (N-methyl/N-ethyl adjacent to an activating group) is 1. The molecule has 2 aromatic carbocycles. The molecule has 1 heterocycles. The van der Waals surface area contributed by atoms with Gasteiger partial charge in [0, 0.05) is 25.0 Å². The number of halogens is 2. The molecular weight excluding hydrogens is 421 g/mol. The summed E-state index contributed by atoms with van der Waals surface area (Å²) >= 11 is 6.03. The first-order valence-corrected chi connectivity index (χ1v) is 10.5. The molecule has 0 bridgehead atoms. The fourth-order valence-corrected chi connectivity index (χ4v) is 4.21. The van der Waals surface area contributed by atoms with Gasteiger partial charge in [-0.1, -0.05) is 35.0 Å². The summed E-state index contributed by atoms with van der Waals surface area (Å²) in [5.41, 5.74) is 0.494. The fraction of sp³-hybridized carbons (Fsp3) is 0.263. The van der Waals surface area contributed by atoms with E-state index in [1.54, 1.807) is 31.2 Å². The quantitative estimate of drug-likeness (QED) is 0.533. The summed E-state index contributed by atoms with van der Waals surface area (Å²) in [5, 5.41) is 4.19. The summed E-state index contributed by atoms with van der Waals surface area (Å²) in [6.07, 6.45) is 0.235. The number of aromatic nitrogens is 2. The van der Waals surface area contributed by atoms with Crippen molar-refractivity contribution in [2.24, 2.45) is 0 Å². The van der Waals surface area contributed by atoms with Crippen molar-refractivity contribution in [1.82, 2.24) is 14.4 Å². The van der Waals surface area contributed by atoms with Crippen LogP contribution in [0.4, 0.5) is 4.39 Å². The first kappa shape index (κ1) is 21.2. The number of hydrogen-bond acceptors (Lipinski definition) is 6. The molecule has 0 fully saturated rings. The van der Waals surface area contributed by atoms with E-state index in [1.807, 2.05) is 0 Å². The Morgan fingerprint density at radius 1 is 1.21 bits per heavy atom. The second-order valence-corrected chi connectivity index (χ2v) is 8.68. The van der Waals surface area contributed by atoms with E-state index in [4.69, 9.17) is 20.9 Å². The van der Waals surface area contributed by atoms with Gasteiger partial charge in [-0.15, -0.1) is 0 Å². The molecule has 0 aliphatic heterocycles. The zero-order valence-corrected chi connectivity index (χ0v) is 17.4. The monoisotopic (exact) mass is 439 g/mol. The Morgan fingerprint density at radius 2 is 1.97 bits per heavy atom. The van der Waals surface area contributed by atoms with Gasteiger partial charge in [0.25, 0.3) is 5.89 Å². The van der Waals surface area contributed by atoms with Crippen molar-refractivity contribution in [2.45, 2.75) is 24.8 Å². The molecule has 0 spiro atoms. The third-order valence-corrected chi connectivity index (χ3v) is 6.67. The molecule has 0 saturated heterocycles. The van der Waals surface area contributed by atoms with Crippen LogP contribution >= 0.6 is 11.6 Å². The van der Waals surface area contributed by atoms with Crippen molar-refractivity contribution in [3.05, 3.63) is 70.6 Å². The molecule has 0 aliphatic carbocycles. The van der Waals surface area contributed by atoms with Gasteiger partial charge in [0.1, 0.15) is 0 Å². The Morgan fingerprint density at radius 3 is 2.72 bits per heavy atom. The molecule has 7 nitrogen and oxygen atoms in total.